The molecule has 1 heterocycles. The van der Waals surface area contributed by atoms with E-state index in [1.165, 1.54) is 16.5 Å². The van der Waals surface area contributed by atoms with Crippen LogP contribution in [0.25, 0.3) is 0 Å². The number of benzene rings is 1. The lowest BCUT2D eigenvalue weighted by Crippen LogP contribution is -2.31. The molecule has 0 radical (unpaired) electrons. The SMILES string of the molecule is CN(Cc1ccccc1)CC(O)Cn1cnc(C#N)c1C#N. The number of nitriles is 2. The number of nitrogens with zero attached hydrogens (tertiary/aromatic N) is 5. The Morgan fingerprint density at radius 2 is 2.00 bits per heavy atom. The maximum Gasteiger partial charge on any atom is 0.176 e. The van der Waals surface area contributed by atoms with Crippen molar-refractivity contribution in [3.8, 4) is 12.1 Å². The Kier molecular flexibility index (Phi) is 5.26. The van der Waals surface area contributed by atoms with Gasteiger partial charge in [0.1, 0.15) is 12.1 Å². The van der Waals surface area contributed by atoms with Crippen LogP contribution in [0.2, 0.25) is 0 Å². The summed E-state index contributed by atoms with van der Waals surface area (Å²) in [7, 11) is 1.93. The van der Waals surface area contributed by atoms with Gasteiger partial charge in [-0.1, -0.05) is 30.3 Å². The van der Waals surface area contributed by atoms with E-state index in [1.54, 1.807) is 0 Å². The number of aromatic nitrogens is 2. The third kappa shape index (κ3) is 3.92. The molecule has 1 unspecified atom stereocenters. The molecule has 0 saturated carbocycles. The van der Waals surface area contributed by atoms with E-state index in [2.05, 4.69) is 4.98 Å². The van der Waals surface area contributed by atoms with Crippen molar-refractivity contribution in [3.05, 3.63) is 53.6 Å². The highest BCUT2D eigenvalue weighted by Gasteiger charge is 2.14. The van der Waals surface area contributed by atoms with E-state index in [0.29, 0.717) is 6.54 Å². The van der Waals surface area contributed by atoms with Crippen LogP contribution in [0.15, 0.2) is 36.7 Å². The number of aliphatic hydroxyl groups excluding tert-OH is 1. The highest BCUT2D eigenvalue weighted by molar-refractivity contribution is 5.36. The summed E-state index contributed by atoms with van der Waals surface area (Å²) in [6.45, 7) is 1.42. The zero-order chi connectivity index (χ0) is 15.9. The van der Waals surface area contributed by atoms with E-state index in [9.17, 15) is 5.11 Å². The van der Waals surface area contributed by atoms with Gasteiger partial charge in [0.05, 0.1) is 19.0 Å². The minimum Gasteiger partial charge on any atom is -0.390 e. The molecule has 0 amide bonds. The first-order valence-electron chi connectivity index (χ1n) is 6.90. The minimum atomic E-state index is -0.651. The van der Waals surface area contributed by atoms with E-state index in [1.807, 2.05) is 54.4 Å². The van der Waals surface area contributed by atoms with Crippen molar-refractivity contribution in [2.45, 2.75) is 19.2 Å². The van der Waals surface area contributed by atoms with E-state index >= 15 is 0 Å². The Bertz CT molecular complexity index is 696. The van der Waals surface area contributed by atoms with Crippen LogP contribution in [0.4, 0.5) is 0 Å². The second-order valence-electron chi connectivity index (χ2n) is 5.15. The molecule has 0 spiro atoms. The maximum atomic E-state index is 10.2. The summed E-state index contributed by atoms with van der Waals surface area (Å²) in [4.78, 5) is 5.87. The summed E-state index contributed by atoms with van der Waals surface area (Å²) < 4.78 is 1.51. The van der Waals surface area contributed by atoms with E-state index in [-0.39, 0.29) is 17.9 Å². The summed E-state index contributed by atoms with van der Waals surface area (Å²) in [5.41, 5.74) is 1.45. The van der Waals surface area contributed by atoms with Crippen LogP contribution in [0.3, 0.4) is 0 Å². The van der Waals surface area contributed by atoms with Gasteiger partial charge in [0.15, 0.2) is 11.4 Å². The second kappa shape index (κ2) is 7.37. The number of likely N-dealkylation sites (N-methyl/N-ethyl adjacent to an activating group) is 1. The van der Waals surface area contributed by atoms with Crippen LogP contribution in [-0.2, 0) is 13.1 Å². The lowest BCUT2D eigenvalue weighted by molar-refractivity contribution is 0.107. The van der Waals surface area contributed by atoms with E-state index < -0.39 is 6.10 Å². The van der Waals surface area contributed by atoms with Crippen molar-refractivity contribution < 1.29 is 5.11 Å². The van der Waals surface area contributed by atoms with Gasteiger partial charge >= 0.3 is 0 Å². The molecule has 0 aliphatic heterocycles. The quantitative estimate of drug-likeness (QED) is 0.862. The molecule has 0 aliphatic carbocycles. The van der Waals surface area contributed by atoms with Gasteiger partial charge in [0.2, 0.25) is 0 Å². The first kappa shape index (κ1) is 15.7. The lowest BCUT2D eigenvalue weighted by atomic mass is 10.2. The molecule has 0 saturated heterocycles. The molecule has 0 fully saturated rings. The molecule has 112 valence electrons. The van der Waals surface area contributed by atoms with Crippen LogP contribution >= 0.6 is 0 Å². The molecule has 1 aromatic heterocycles. The normalized spacial score (nSPS) is 11.9. The highest BCUT2D eigenvalue weighted by Crippen LogP contribution is 2.08. The van der Waals surface area contributed by atoms with Gasteiger partial charge in [-0.3, -0.25) is 4.90 Å². The Hall–Kier alpha value is -2.67. The van der Waals surface area contributed by atoms with Crippen LogP contribution < -0.4 is 0 Å². The van der Waals surface area contributed by atoms with Gasteiger partial charge in [-0.2, -0.15) is 10.5 Å². The number of hydrogen-bond donors (Lipinski definition) is 1. The van der Waals surface area contributed by atoms with Crippen molar-refractivity contribution >= 4 is 0 Å². The van der Waals surface area contributed by atoms with Crippen molar-refractivity contribution in [2.24, 2.45) is 0 Å². The van der Waals surface area contributed by atoms with Gasteiger partial charge in [0.25, 0.3) is 0 Å². The van der Waals surface area contributed by atoms with Crippen LogP contribution in [-0.4, -0.2) is 39.3 Å². The monoisotopic (exact) mass is 295 g/mol. The van der Waals surface area contributed by atoms with Gasteiger partial charge < -0.3 is 9.67 Å². The third-order valence-corrected chi connectivity index (χ3v) is 3.27. The van der Waals surface area contributed by atoms with Crippen molar-refractivity contribution in [1.82, 2.24) is 14.5 Å². The standard InChI is InChI=1S/C16H17N5O/c1-20(9-13-5-3-2-4-6-13)10-14(22)11-21-12-19-15(7-17)16(21)8-18/h2-6,12,14,22H,9-11H2,1H3. The number of aliphatic hydroxyl groups is 1. The smallest absolute Gasteiger partial charge is 0.176 e. The van der Waals surface area contributed by atoms with Crippen molar-refractivity contribution in [1.29, 1.82) is 10.5 Å². The Morgan fingerprint density at radius 3 is 2.64 bits per heavy atom. The molecule has 6 nitrogen and oxygen atoms in total. The average molecular weight is 295 g/mol. The molecular formula is C16H17N5O. The number of imidazole rings is 1. The average Bonchev–Trinajstić information content (AvgIpc) is 2.89. The van der Waals surface area contributed by atoms with Gasteiger partial charge in [0, 0.05) is 13.1 Å². The minimum absolute atomic E-state index is 0.0901. The summed E-state index contributed by atoms with van der Waals surface area (Å²) in [5.74, 6) is 0. The molecule has 0 aliphatic rings. The third-order valence-electron chi connectivity index (χ3n) is 3.27. The molecule has 2 aromatic rings. The Labute approximate surface area is 129 Å². The predicted octanol–water partition coefficient (Wildman–Crippen LogP) is 1.12. The Balaban J connectivity index is 1.93. The summed E-state index contributed by atoms with van der Waals surface area (Å²) >= 11 is 0. The number of rotatable bonds is 6. The van der Waals surface area contributed by atoms with E-state index in [0.717, 1.165) is 6.54 Å². The van der Waals surface area contributed by atoms with Gasteiger partial charge in [-0.05, 0) is 12.6 Å². The van der Waals surface area contributed by atoms with Crippen molar-refractivity contribution in [3.63, 3.8) is 0 Å². The predicted molar refractivity (Wildman–Crippen MR) is 80.4 cm³/mol. The summed E-state index contributed by atoms with van der Waals surface area (Å²) in [6.07, 6.45) is 0.763. The first-order valence-corrected chi connectivity index (χ1v) is 6.90. The maximum absolute atomic E-state index is 10.2. The molecule has 1 aromatic carbocycles. The topological polar surface area (TPSA) is 88.9 Å². The molecular weight excluding hydrogens is 278 g/mol. The highest BCUT2D eigenvalue weighted by atomic mass is 16.3. The number of hydrogen-bond acceptors (Lipinski definition) is 5. The fourth-order valence-corrected chi connectivity index (χ4v) is 2.32. The molecule has 6 heteroatoms. The van der Waals surface area contributed by atoms with Gasteiger partial charge in [-0.15, -0.1) is 0 Å². The van der Waals surface area contributed by atoms with Crippen molar-refractivity contribution in [2.75, 3.05) is 13.6 Å². The molecule has 2 rings (SSSR count). The molecule has 1 N–H and O–H groups in total. The molecule has 1 atom stereocenters. The summed E-state index contributed by atoms with van der Waals surface area (Å²) in [5, 5.41) is 28.1. The van der Waals surface area contributed by atoms with Crippen LogP contribution in [0.5, 0.6) is 0 Å². The Morgan fingerprint density at radius 1 is 1.27 bits per heavy atom. The van der Waals surface area contributed by atoms with Crippen LogP contribution in [0, 0.1) is 22.7 Å². The van der Waals surface area contributed by atoms with Gasteiger partial charge in [-0.25, -0.2) is 4.98 Å². The zero-order valence-electron chi connectivity index (χ0n) is 12.3. The van der Waals surface area contributed by atoms with E-state index in [4.69, 9.17) is 10.5 Å². The summed E-state index contributed by atoms with van der Waals surface area (Å²) in [6, 6.07) is 13.8. The fraction of sp³-hybridized carbons (Fsp3) is 0.312. The molecule has 22 heavy (non-hydrogen) atoms. The first-order chi connectivity index (χ1) is 10.6. The fourth-order valence-electron chi connectivity index (χ4n) is 2.32. The van der Waals surface area contributed by atoms with Crippen LogP contribution in [0.1, 0.15) is 17.0 Å². The lowest BCUT2D eigenvalue weighted by Gasteiger charge is -2.21. The second-order valence-corrected chi connectivity index (χ2v) is 5.15. The molecule has 0 bridgehead atoms. The largest absolute Gasteiger partial charge is 0.390 e. The zero-order valence-corrected chi connectivity index (χ0v) is 12.3.